The molecule has 764 valence electrons. The van der Waals surface area contributed by atoms with Crippen LogP contribution in [0.4, 0.5) is 55.2 Å². The Morgan fingerprint density at radius 1 is 0.295 bits per heavy atom. The number of anilines is 5. The molecular formula is C117H130F5N13O11. The predicted octanol–water partition coefficient (Wildman–Crippen LogP) is 22.4. The molecule has 10 aromatic rings. The largest absolute Gasteiger partial charge is 0.359 e. The number of halogens is 5. The van der Waals surface area contributed by atoms with Crippen molar-refractivity contribution in [3.05, 3.63) is 260 Å². The summed E-state index contributed by atoms with van der Waals surface area (Å²) in [5, 5.41) is 13.8. The summed E-state index contributed by atoms with van der Waals surface area (Å²) in [7, 11) is 5.55. The summed E-state index contributed by atoms with van der Waals surface area (Å²) in [6, 6.07) is 21.3. The summed E-state index contributed by atoms with van der Waals surface area (Å²) in [5.74, 6) is -1.17. The highest BCUT2D eigenvalue weighted by atomic mass is 19.1. The Hall–Kier alpha value is -14.2. The number of likely N-dealkylation sites (tertiary alicyclic amines) is 2. The Labute approximate surface area is 848 Å². The summed E-state index contributed by atoms with van der Waals surface area (Å²) in [5.41, 5.74) is 26.3. The van der Waals surface area contributed by atoms with Crippen molar-refractivity contribution in [1.29, 1.82) is 0 Å². The number of hydrogen-bond acceptors (Lipinski definition) is 12. The Bertz CT molecular complexity index is 6650. The number of benzene rings is 5. The Kier molecular flexibility index (Phi) is 32.4. The van der Waals surface area contributed by atoms with Crippen LogP contribution >= 0.6 is 0 Å². The molecular weight excluding hydrogens is 1860 g/mol. The first-order valence-electron chi connectivity index (χ1n) is 51.1. The van der Waals surface area contributed by atoms with Gasteiger partial charge < -0.3 is 66.2 Å². The standard InChI is InChI=1S/C25H29FN4O3.C23H26FN3O2.3C23H25FN2O2/c1-14-18(13-23(31)16-7-9-30(10-8-16)25(33)29(3)4)15(2)27-22(14)12-20-19-11-17(26)5-6-21(19)28-24(20)32;1-13-17(12-22(28)15-6-8-27(3)9-7-15)14(2)25-21(13)11-19-18-10-16(24)4-5-20(18)26-23(19)29;3*1-13-17(12-22(27)15-6-4-3-5-7-15)14(2)25-21(13)11-19-18-10-16(24)8-9-20(18)26-23(19)28/h5-6,11-12,16,27H,7-10,13H2,1-4H3,(H,28,32);4-5,10-11,15,25H,6-9,12H2,1-3H3,(H,26,29);3*8-11,15,25H,3-7,12H2,1-2H3,(H,26,28)/b20-12-;4*19-11-. The fraction of sp³-hybridized carbons (Fsp3) is 0.393. The number of nitrogens with zero attached hydrogens (tertiary/aromatic N) is 3. The topological polar surface area (TPSA) is 337 Å². The van der Waals surface area contributed by atoms with Crippen LogP contribution in [-0.4, -0.2) is 151 Å². The number of aromatic amines is 5. The molecule has 7 aliphatic heterocycles. The van der Waals surface area contributed by atoms with Crippen molar-refractivity contribution < 1.29 is 74.7 Å². The average molecular weight is 1990 g/mol. The van der Waals surface area contributed by atoms with Crippen LogP contribution in [-0.2, 0) is 80.0 Å². The zero-order chi connectivity index (χ0) is 104. The number of carbonyl (C=O) groups is 11. The van der Waals surface area contributed by atoms with Crippen LogP contribution in [0.3, 0.4) is 0 Å². The van der Waals surface area contributed by atoms with E-state index in [0.717, 1.165) is 216 Å². The zero-order valence-corrected chi connectivity index (χ0v) is 85.5. The van der Waals surface area contributed by atoms with E-state index in [4.69, 9.17) is 0 Å². The Morgan fingerprint density at radius 3 is 0.685 bits per heavy atom. The van der Waals surface area contributed by atoms with Gasteiger partial charge >= 0.3 is 6.03 Å². The number of piperidine rings is 2. The number of aryl methyl sites for hydroxylation is 5. The second kappa shape index (κ2) is 45.2. The van der Waals surface area contributed by atoms with E-state index >= 15 is 0 Å². The van der Waals surface area contributed by atoms with Gasteiger partial charge in [0, 0.05) is 202 Å². The van der Waals surface area contributed by atoms with E-state index < -0.39 is 5.82 Å². The fourth-order valence-corrected chi connectivity index (χ4v) is 22.2. The number of nitrogens with one attached hydrogen (secondary N) is 10. The van der Waals surface area contributed by atoms with Gasteiger partial charge in [0.1, 0.15) is 58.0 Å². The molecule has 0 bridgehead atoms. The quantitative estimate of drug-likeness (QED) is 0.0251. The van der Waals surface area contributed by atoms with E-state index in [1.165, 1.54) is 79.9 Å². The second-order valence-electron chi connectivity index (χ2n) is 41.1. The maximum absolute atomic E-state index is 13.7. The number of amides is 7. The lowest BCUT2D eigenvalue weighted by Crippen LogP contribution is -2.45. The smallest absolute Gasteiger partial charge is 0.319 e. The molecule has 5 aromatic heterocycles. The van der Waals surface area contributed by atoms with Crippen LogP contribution in [0.1, 0.15) is 262 Å². The molecule has 0 radical (unpaired) electrons. The van der Waals surface area contributed by atoms with Crippen molar-refractivity contribution in [2.45, 2.75) is 223 Å². The molecule has 3 aliphatic carbocycles. The molecule has 10 N–H and O–H groups in total. The minimum atomic E-state index is -0.403. The third-order valence-electron chi connectivity index (χ3n) is 31.1. The number of aromatic nitrogens is 5. The minimum Gasteiger partial charge on any atom is -0.359 e. The summed E-state index contributed by atoms with van der Waals surface area (Å²) < 4.78 is 68.4. The van der Waals surface area contributed by atoms with E-state index in [0.29, 0.717) is 160 Å². The highest BCUT2D eigenvalue weighted by Gasteiger charge is 2.37. The molecule has 5 aromatic carbocycles. The molecule has 5 fully saturated rings. The molecule has 3 saturated carbocycles. The van der Waals surface area contributed by atoms with Gasteiger partial charge in [0.05, 0.1) is 27.9 Å². The summed E-state index contributed by atoms with van der Waals surface area (Å²) in [4.78, 5) is 160. The van der Waals surface area contributed by atoms with E-state index in [1.54, 1.807) is 84.6 Å². The van der Waals surface area contributed by atoms with Crippen molar-refractivity contribution in [3.63, 3.8) is 0 Å². The number of urea groups is 1. The normalized spacial score (nSPS) is 18.2. The maximum atomic E-state index is 13.7. The zero-order valence-electron chi connectivity index (χ0n) is 85.5. The fourth-order valence-electron chi connectivity index (χ4n) is 22.2. The van der Waals surface area contributed by atoms with E-state index in [1.807, 2.05) is 69.2 Å². The monoisotopic (exact) mass is 1990 g/mol. The summed E-state index contributed by atoms with van der Waals surface area (Å²) in [6.45, 7) is 22.6. The van der Waals surface area contributed by atoms with Crippen LogP contribution in [0, 0.1) is 128 Å². The molecule has 20 rings (SSSR count). The van der Waals surface area contributed by atoms with Gasteiger partial charge in [-0.3, -0.25) is 47.9 Å². The first kappa shape index (κ1) is 105. The van der Waals surface area contributed by atoms with Gasteiger partial charge in [-0.25, -0.2) is 26.7 Å². The highest BCUT2D eigenvalue weighted by Crippen LogP contribution is 2.43. The van der Waals surface area contributed by atoms with Crippen LogP contribution in [0.2, 0.25) is 0 Å². The van der Waals surface area contributed by atoms with Crippen LogP contribution < -0.4 is 26.6 Å². The third-order valence-corrected chi connectivity index (χ3v) is 31.1. The predicted molar refractivity (Wildman–Crippen MR) is 563 cm³/mol. The van der Waals surface area contributed by atoms with Crippen molar-refractivity contribution in [1.82, 2.24) is 39.6 Å². The van der Waals surface area contributed by atoms with Gasteiger partial charge in [-0.15, -0.1) is 0 Å². The maximum Gasteiger partial charge on any atom is 0.319 e. The van der Waals surface area contributed by atoms with Crippen molar-refractivity contribution in [3.8, 4) is 0 Å². The molecule has 0 spiro atoms. The summed E-state index contributed by atoms with van der Waals surface area (Å²) >= 11 is 0. The molecule has 0 unspecified atom stereocenters. The molecule has 7 amide bonds. The molecule has 146 heavy (non-hydrogen) atoms. The van der Waals surface area contributed by atoms with Crippen LogP contribution in [0.15, 0.2) is 91.0 Å². The number of rotatable bonds is 20. The molecule has 29 heteroatoms. The highest BCUT2D eigenvalue weighted by molar-refractivity contribution is 6.38. The van der Waals surface area contributed by atoms with Gasteiger partial charge in [0.2, 0.25) is 0 Å². The average Bonchev–Trinajstić information content (AvgIpc) is 1.65. The molecule has 0 atom stereocenters. The van der Waals surface area contributed by atoms with Gasteiger partial charge in [0.15, 0.2) is 0 Å². The summed E-state index contributed by atoms with van der Waals surface area (Å²) in [6.07, 6.45) is 30.5. The second-order valence-corrected chi connectivity index (χ2v) is 41.1. The number of fused-ring (bicyclic) bond motifs is 5. The lowest BCUT2D eigenvalue weighted by molar-refractivity contribution is -0.124. The first-order valence-corrected chi connectivity index (χ1v) is 51.1. The van der Waals surface area contributed by atoms with Gasteiger partial charge in [0.25, 0.3) is 29.5 Å². The number of ketones is 5. The number of hydrogen-bond donors (Lipinski definition) is 10. The minimum absolute atomic E-state index is 0.0201. The molecule has 2 saturated heterocycles. The SMILES string of the molecule is Cc1[nH]c(/C=C2\C(=O)Nc3ccc(F)cc32)c(C)c1CC(=O)C1CCCCC1.Cc1[nH]c(/C=C2\C(=O)Nc3ccc(F)cc32)c(C)c1CC(=O)C1CCCCC1.Cc1[nH]c(/C=C2\C(=O)Nc3ccc(F)cc32)c(C)c1CC(=O)C1CCCCC1.Cc1[nH]c(/C=C2\C(=O)Nc3ccc(F)cc32)c(C)c1CC(=O)C1CCN(C(=O)N(C)C)CC1.Cc1[nH]c(/C=C2\C(=O)Nc3ccc(F)cc32)c(C)c1CC(=O)C1CCN(C)CC1. The lowest BCUT2D eigenvalue weighted by Gasteiger charge is -2.33. The van der Waals surface area contributed by atoms with Crippen molar-refractivity contribution in [2.75, 3.05) is 73.9 Å². The number of H-pyrrole nitrogens is 5. The molecule has 24 nitrogen and oxygen atoms in total. The Balaban J connectivity index is 0.000000131. The van der Waals surface area contributed by atoms with Crippen molar-refractivity contribution >= 4 is 151 Å². The van der Waals surface area contributed by atoms with E-state index in [9.17, 15) is 74.7 Å². The first-order chi connectivity index (χ1) is 69.8. The van der Waals surface area contributed by atoms with E-state index in [2.05, 4.69) is 63.5 Å². The Morgan fingerprint density at radius 2 is 0.486 bits per heavy atom. The van der Waals surface area contributed by atoms with Crippen LogP contribution in [0.25, 0.3) is 58.2 Å². The lowest BCUT2D eigenvalue weighted by atomic mass is 9.84. The van der Waals surface area contributed by atoms with Crippen LogP contribution in [0.5, 0.6) is 0 Å². The van der Waals surface area contributed by atoms with Gasteiger partial charge in [-0.1, -0.05) is 57.8 Å². The van der Waals surface area contributed by atoms with Gasteiger partial charge in [-0.05, 0) is 331 Å². The number of carbonyl (C=O) groups excluding carboxylic acids is 11. The van der Waals surface area contributed by atoms with Crippen molar-refractivity contribution in [2.24, 2.45) is 29.6 Å². The third kappa shape index (κ3) is 23.5. The molecule has 12 heterocycles. The van der Waals surface area contributed by atoms with E-state index in [-0.39, 0.29) is 100.0 Å². The van der Waals surface area contributed by atoms with Gasteiger partial charge in [-0.2, -0.15) is 0 Å². The molecule has 10 aliphatic rings. The number of Topliss-reactive ketones (excluding diaryl/α,β-unsaturated/α-hetero) is 5.